The summed E-state index contributed by atoms with van der Waals surface area (Å²) in [5, 5.41) is 22.4. The van der Waals surface area contributed by atoms with Crippen molar-refractivity contribution in [2.45, 2.75) is 6.92 Å². The van der Waals surface area contributed by atoms with E-state index in [-0.39, 0.29) is 5.69 Å². The quantitative estimate of drug-likeness (QED) is 0.278. The fourth-order valence-electron chi connectivity index (χ4n) is 1.58. The number of nitrogens with zero attached hydrogens (tertiary/aromatic N) is 2. The zero-order valence-electron chi connectivity index (χ0n) is 10.3. The highest BCUT2D eigenvalue weighted by Gasteiger charge is 2.05. The Bertz CT molecular complexity index is 616. The number of nitro groups is 1. The van der Waals surface area contributed by atoms with Gasteiger partial charge in [0.1, 0.15) is 0 Å². The first kappa shape index (κ1) is 12.8. The van der Waals surface area contributed by atoms with Gasteiger partial charge in [0.25, 0.3) is 5.69 Å². The highest BCUT2D eigenvalue weighted by molar-refractivity contribution is 5.77. The van der Waals surface area contributed by atoms with Crippen molar-refractivity contribution in [3.63, 3.8) is 0 Å². The second-order valence-electron chi connectivity index (χ2n) is 4.14. The van der Waals surface area contributed by atoms with Gasteiger partial charge in [0.05, 0.1) is 4.92 Å². The van der Waals surface area contributed by atoms with Crippen LogP contribution < -0.4 is 0 Å². The van der Waals surface area contributed by atoms with Crippen LogP contribution in [-0.4, -0.2) is 15.9 Å². The van der Waals surface area contributed by atoms with Crippen LogP contribution in [0.1, 0.15) is 11.1 Å². The number of rotatable bonds is 3. The van der Waals surface area contributed by atoms with Gasteiger partial charge in [-0.2, -0.15) is 4.74 Å². The average molecular weight is 256 g/mol. The van der Waals surface area contributed by atoms with Crippen LogP contribution in [0.5, 0.6) is 0 Å². The fraction of sp³-hybridized carbons (Fsp3) is 0.0714. The Labute approximate surface area is 110 Å². The maximum atomic E-state index is 11.9. The van der Waals surface area contributed by atoms with E-state index in [9.17, 15) is 15.3 Å². The second-order valence-corrected chi connectivity index (χ2v) is 4.14. The molecule has 0 aliphatic heterocycles. The average Bonchev–Trinajstić information content (AvgIpc) is 2.40. The minimum atomic E-state index is -0.473. The summed E-state index contributed by atoms with van der Waals surface area (Å²) >= 11 is 0. The molecule has 5 nitrogen and oxygen atoms in total. The van der Waals surface area contributed by atoms with Gasteiger partial charge in [-0.05, 0) is 19.1 Å². The lowest BCUT2D eigenvalue weighted by molar-refractivity contribution is -0.384. The largest absolute Gasteiger partial charge is 0.618 e. The number of benzene rings is 2. The van der Waals surface area contributed by atoms with Crippen molar-refractivity contribution >= 4 is 17.6 Å². The van der Waals surface area contributed by atoms with Gasteiger partial charge in [-0.3, -0.25) is 10.1 Å². The third kappa shape index (κ3) is 3.16. The van der Waals surface area contributed by atoms with Crippen LogP contribution in [0.2, 0.25) is 0 Å². The molecule has 0 saturated carbocycles. The molecule has 0 aliphatic rings. The molecule has 2 aromatic carbocycles. The van der Waals surface area contributed by atoms with Crippen molar-refractivity contribution in [2.24, 2.45) is 0 Å². The van der Waals surface area contributed by atoms with Crippen molar-refractivity contribution < 1.29 is 9.66 Å². The summed E-state index contributed by atoms with van der Waals surface area (Å²) in [6.45, 7) is 1.94. The molecular formula is C14H12N2O3. The molecule has 2 aromatic rings. The van der Waals surface area contributed by atoms with E-state index < -0.39 is 4.92 Å². The van der Waals surface area contributed by atoms with E-state index in [1.54, 1.807) is 12.1 Å². The summed E-state index contributed by atoms with van der Waals surface area (Å²) in [4.78, 5) is 10.0. The molecule has 0 radical (unpaired) electrons. The van der Waals surface area contributed by atoms with Crippen molar-refractivity contribution in [3.05, 3.63) is 75.0 Å². The van der Waals surface area contributed by atoms with Crippen molar-refractivity contribution in [3.8, 4) is 0 Å². The predicted octanol–water partition coefficient (Wildman–Crippen LogP) is 3.16. The summed E-state index contributed by atoms with van der Waals surface area (Å²) in [6.07, 6.45) is 1.38. The summed E-state index contributed by atoms with van der Waals surface area (Å²) < 4.78 is 0.737. The van der Waals surface area contributed by atoms with E-state index in [0.29, 0.717) is 11.3 Å². The minimum absolute atomic E-state index is 0.00457. The third-order valence-electron chi connectivity index (χ3n) is 2.66. The number of hydrogen-bond acceptors (Lipinski definition) is 3. The minimum Gasteiger partial charge on any atom is -0.618 e. The summed E-state index contributed by atoms with van der Waals surface area (Å²) in [5.74, 6) is 0. The molecule has 0 fully saturated rings. The SMILES string of the molecule is Cc1ccc(/[N+]([O-])=C/c2ccc([N+](=O)[O-])cc2)cc1. The van der Waals surface area contributed by atoms with E-state index in [2.05, 4.69) is 0 Å². The Morgan fingerprint density at radius 2 is 1.42 bits per heavy atom. The van der Waals surface area contributed by atoms with Crippen LogP contribution >= 0.6 is 0 Å². The van der Waals surface area contributed by atoms with Crippen LogP contribution in [0.15, 0.2) is 48.5 Å². The monoisotopic (exact) mass is 256 g/mol. The molecule has 0 atom stereocenters. The zero-order valence-corrected chi connectivity index (χ0v) is 10.3. The summed E-state index contributed by atoms with van der Waals surface area (Å²) in [7, 11) is 0. The molecule has 0 bridgehead atoms. The van der Waals surface area contributed by atoms with Gasteiger partial charge in [0, 0.05) is 29.8 Å². The van der Waals surface area contributed by atoms with Crippen molar-refractivity contribution in [1.82, 2.24) is 0 Å². The van der Waals surface area contributed by atoms with Gasteiger partial charge in [0.15, 0.2) is 6.21 Å². The van der Waals surface area contributed by atoms with Gasteiger partial charge < -0.3 is 5.21 Å². The molecule has 0 unspecified atom stereocenters. The molecule has 0 aromatic heterocycles. The maximum absolute atomic E-state index is 11.9. The lowest BCUT2D eigenvalue weighted by atomic mass is 10.2. The molecule has 96 valence electrons. The van der Waals surface area contributed by atoms with Crippen molar-refractivity contribution in [1.29, 1.82) is 0 Å². The molecule has 19 heavy (non-hydrogen) atoms. The second kappa shape index (κ2) is 5.30. The van der Waals surface area contributed by atoms with Gasteiger partial charge in [-0.15, -0.1) is 0 Å². The fourth-order valence-corrected chi connectivity index (χ4v) is 1.58. The summed E-state index contributed by atoms with van der Waals surface area (Å²) in [5.41, 5.74) is 2.21. The lowest BCUT2D eigenvalue weighted by Crippen LogP contribution is -1.99. The lowest BCUT2D eigenvalue weighted by Gasteiger charge is -2.03. The Balaban J connectivity index is 2.25. The molecule has 5 heteroatoms. The molecular weight excluding hydrogens is 244 g/mol. The topological polar surface area (TPSA) is 69.2 Å². The van der Waals surface area contributed by atoms with E-state index in [0.717, 1.165) is 10.3 Å². The van der Waals surface area contributed by atoms with E-state index >= 15 is 0 Å². The van der Waals surface area contributed by atoms with Gasteiger partial charge in [-0.1, -0.05) is 17.7 Å². The number of nitro benzene ring substituents is 1. The Morgan fingerprint density at radius 1 is 0.895 bits per heavy atom. The van der Waals surface area contributed by atoms with Crippen LogP contribution in [0.3, 0.4) is 0 Å². The number of aryl methyl sites for hydroxylation is 1. The first-order valence-electron chi connectivity index (χ1n) is 5.68. The van der Waals surface area contributed by atoms with Gasteiger partial charge >= 0.3 is 0 Å². The Morgan fingerprint density at radius 3 is 1.95 bits per heavy atom. The zero-order chi connectivity index (χ0) is 13.8. The maximum Gasteiger partial charge on any atom is 0.269 e. The standard InChI is InChI=1S/C14H12N2O3/c1-11-2-6-13(7-3-11)15(17)10-12-4-8-14(9-5-12)16(18)19/h2-10H,1H3/b15-10-. The van der Waals surface area contributed by atoms with Gasteiger partial charge in [-0.25, -0.2) is 0 Å². The summed E-state index contributed by atoms with van der Waals surface area (Å²) in [6, 6.07) is 13.0. The molecule has 0 heterocycles. The molecule has 0 spiro atoms. The van der Waals surface area contributed by atoms with E-state index in [1.807, 2.05) is 19.1 Å². The molecule has 0 amide bonds. The third-order valence-corrected chi connectivity index (χ3v) is 2.66. The van der Waals surface area contributed by atoms with Crippen LogP contribution in [0, 0.1) is 22.2 Å². The van der Waals surface area contributed by atoms with Crippen LogP contribution in [0.4, 0.5) is 11.4 Å². The highest BCUT2D eigenvalue weighted by Crippen LogP contribution is 2.14. The number of non-ortho nitro benzene ring substituents is 1. The Kier molecular flexibility index (Phi) is 3.56. The smallest absolute Gasteiger partial charge is 0.269 e. The van der Waals surface area contributed by atoms with E-state index in [4.69, 9.17) is 0 Å². The van der Waals surface area contributed by atoms with Crippen LogP contribution in [0.25, 0.3) is 0 Å². The van der Waals surface area contributed by atoms with E-state index in [1.165, 1.54) is 30.5 Å². The molecule has 2 rings (SSSR count). The number of hydrogen-bond donors (Lipinski definition) is 0. The Hall–Kier alpha value is -2.69. The first-order valence-corrected chi connectivity index (χ1v) is 5.68. The normalized spacial score (nSPS) is 11.3. The highest BCUT2D eigenvalue weighted by atomic mass is 16.6. The molecule has 0 aliphatic carbocycles. The van der Waals surface area contributed by atoms with Crippen molar-refractivity contribution in [2.75, 3.05) is 0 Å². The molecule has 0 saturated heterocycles. The first-order chi connectivity index (χ1) is 9.06. The van der Waals surface area contributed by atoms with Gasteiger partial charge in [0.2, 0.25) is 5.69 Å². The van der Waals surface area contributed by atoms with Crippen LogP contribution in [-0.2, 0) is 0 Å². The molecule has 0 N–H and O–H groups in total. The predicted molar refractivity (Wildman–Crippen MR) is 72.7 cm³/mol.